The highest BCUT2D eigenvalue weighted by Gasteiger charge is 2.27. The molecule has 0 aliphatic carbocycles. The first-order valence-electron chi connectivity index (χ1n) is 9.98. The molecule has 0 saturated carbocycles. The van der Waals surface area contributed by atoms with Gasteiger partial charge in [0, 0.05) is 31.2 Å². The second kappa shape index (κ2) is 11.0. The summed E-state index contributed by atoms with van der Waals surface area (Å²) in [5, 5.41) is 5.70. The molecule has 0 radical (unpaired) electrons. The van der Waals surface area contributed by atoms with E-state index in [1.165, 1.54) is 0 Å². The molecule has 1 aromatic rings. The van der Waals surface area contributed by atoms with Crippen molar-refractivity contribution in [3.05, 3.63) is 35.4 Å². The molecular weight excluding hydrogens is 342 g/mol. The molecule has 1 fully saturated rings. The lowest BCUT2D eigenvalue weighted by Gasteiger charge is -2.38. The van der Waals surface area contributed by atoms with Gasteiger partial charge < -0.3 is 15.4 Å². The van der Waals surface area contributed by atoms with E-state index in [9.17, 15) is 9.59 Å². The molecule has 1 unspecified atom stereocenters. The summed E-state index contributed by atoms with van der Waals surface area (Å²) in [5.74, 6) is 0.153. The lowest BCUT2D eigenvalue weighted by molar-refractivity contribution is -0.120. The molecule has 0 aromatic heterocycles. The van der Waals surface area contributed by atoms with Crippen molar-refractivity contribution in [3.8, 4) is 0 Å². The minimum Gasteiger partial charge on any atom is -0.379 e. The number of nitrogens with one attached hydrogen (secondary N) is 2. The molecule has 1 heterocycles. The van der Waals surface area contributed by atoms with Gasteiger partial charge in [0.15, 0.2) is 0 Å². The van der Waals surface area contributed by atoms with Crippen molar-refractivity contribution < 1.29 is 14.3 Å². The third-order valence-electron chi connectivity index (χ3n) is 5.34. The Morgan fingerprint density at radius 2 is 1.70 bits per heavy atom. The molecule has 27 heavy (non-hydrogen) atoms. The van der Waals surface area contributed by atoms with Crippen molar-refractivity contribution >= 4 is 11.8 Å². The van der Waals surface area contributed by atoms with Crippen LogP contribution in [0.15, 0.2) is 24.3 Å². The topological polar surface area (TPSA) is 70.7 Å². The van der Waals surface area contributed by atoms with Crippen LogP contribution in [0.3, 0.4) is 0 Å². The zero-order valence-corrected chi connectivity index (χ0v) is 16.8. The Hall–Kier alpha value is -1.92. The van der Waals surface area contributed by atoms with Crippen molar-refractivity contribution in [2.24, 2.45) is 5.92 Å². The zero-order valence-electron chi connectivity index (χ0n) is 16.8. The number of hydrogen-bond acceptors (Lipinski definition) is 4. The maximum absolute atomic E-state index is 12.3. The molecule has 6 heteroatoms. The van der Waals surface area contributed by atoms with Crippen LogP contribution in [-0.2, 0) is 9.53 Å². The molecule has 0 bridgehead atoms. The van der Waals surface area contributed by atoms with E-state index in [-0.39, 0.29) is 18.4 Å². The van der Waals surface area contributed by atoms with E-state index in [1.807, 2.05) is 19.1 Å². The molecule has 1 aliphatic heterocycles. The summed E-state index contributed by atoms with van der Waals surface area (Å²) in [6.07, 6.45) is 2.16. The van der Waals surface area contributed by atoms with Crippen molar-refractivity contribution in [1.29, 1.82) is 0 Å². The largest absolute Gasteiger partial charge is 0.379 e. The fourth-order valence-electron chi connectivity index (χ4n) is 3.58. The zero-order chi connectivity index (χ0) is 19.6. The average Bonchev–Trinajstić information content (AvgIpc) is 2.70. The number of aryl methyl sites for hydroxylation is 1. The Morgan fingerprint density at radius 3 is 2.30 bits per heavy atom. The van der Waals surface area contributed by atoms with Crippen LogP contribution in [0.4, 0.5) is 0 Å². The number of ether oxygens (including phenoxy) is 1. The number of morpholine rings is 1. The standard InChI is InChI=1S/C21H33N3O3/c1-4-17(5-2)19(24-10-12-27-13-11-24)14-22-20(25)15-23-21(26)18-8-6-16(3)7-9-18/h6-9,17,19H,4-5,10-15H2,1-3H3,(H,22,25)(H,23,26). The van der Waals surface area contributed by atoms with Crippen LogP contribution < -0.4 is 10.6 Å². The van der Waals surface area contributed by atoms with Crippen molar-refractivity contribution in [2.45, 2.75) is 39.7 Å². The van der Waals surface area contributed by atoms with Gasteiger partial charge in [0.1, 0.15) is 0 Å². The summed E-state index contributed by atoms with van der Waals surface area (Å²) in [4.78, 5) is 26.8. The predicted molar refractivity (Wildman–Crippen MR) is 107 cm³/mol. The molecule has 1 aliphatic rings. The van der Waals surface area contributed by atoms with Gasteiger partial charge in [-0.25, -0.2) is 0 Å². The molecule has 0 spiro atoms. The van der Waals surface area contributed by atoms with Gasteiger partial charge in [0.05, 0.1) is 19.8 Å². The maximum atomic E-state index is 12.3. The van der Waals surface area contributed by atoms with Crippen LogP contribution in [-0.4, -0.2) is 62.1 Å². The van der Waals surface area contributed by atoms with Crippen LogP contribution in [0.25, 0.3) is 0 Å². The summed E-state index contributed by atoms with van der Waals surface area (Å²) in [5.41, 5.74) is 1.66. The van der Waals surface area contributed by atoms with Crippen LogP contribution in [0.1, 0.15) is 42.6 Å². The Morgan fingerprint density at radius 1 is 1.07 bits per heavy atom. The van der Waals surface area contributed by atoms with Crippen molar-refractivity contribution in [2.75, 3.05) is 39.4 Å². The number of rotatable bonds is 9. The van der Waals surface area contributed by atoms with E-state index < -0.39 is 0 Å². The number of amides is 2. The molecule has 150 valence electrons. The molecular formula is C21H33N3O3. The first-order valence-corrected chi connectivity index (χ1v) is 9.98. The van der Waals surface area contributed by atoms with E-state index in [1.54, 1.807) is 12.1 Å². The van der Waals surface area contributed by atoms with Crippen LogP contribution in [0, 0.1) is 12.8 Å². The third kappa shape index (κ3) is 6.63. The smallest absolute Gasteiger partial charge is 0.251 e. The molecule has 2 rings (SSSR count). The quantitative estimate of drug-likeness (QED) is 0.692. The number of hydrogen-bond donors (Lipinski definition) is 2. The highest BCUT2D eigenvalue weighted by Crippen LogP contribution is 2.19. The van der Waals surface area contributed by atoms with Crippen molar-refractivity contribution in [3.63, 3.8) is 0 Å². The Kier molecular flexibility index (Phi) is 8.75. The summed E-state index contributed by atoms with van der Waals surface area (Å²) in [7, 11) is 0. The van der Waals surface area contributed by atoms with E-state index >= 15 is 0 Å². The normalized spacial score (nSPS) is 16.1. The Labute approximate surface area is 162 Å². The SMILES string of the molecule is CCC(CC)C(CNC(=O)CNC(=O)c1ccc(C)cc1)N1CCOCC1. The predicted octanol–water partition coefficient (Wildman–Crippen LogP) is 1.98. The van der Waals surface area contributed by atoms with Gasteiger partial charge in [-0.1, -0.05) is 44.4 Å². The lowest BCUT2D eigenvalue weighted by Crippen LogP contribution is -2.52. The summed E-state index contributed by atoms with van der Waals surface area (Å²) in [6.45, 7) is 10.3. The van der Waals surface area contributed by atoms with Gasteiger partial charge in [-0.2, -0.15) is 0 Å². The molecule has 2 amide bonds. The van der Waals surface area contributed by atoms with E-state index in [4.69, 9.17) is 4.74 Å². The van der Waals surface area contributed by atoms with Gasteiger partial charge >= 0.3 is 0 Å². The van der Waals surface area contributed by atoms with Crippen molar-refractivity contribution in [1.82, 2.24) is 15.5 Å². The van der Waals surface area contributed by atoms with Gasteiger partial charge in [-0.15, -0.1) is 0 Å². The number of nitrogens with zero attached hydrogens (tertiary/aromatic N) is 1. The summed E-state index contributed by atoms with van der Waals surface area (Å²) < 4.78 is 5.46. The molecule has 1 aromatic carbocycles. The first-order chi connectivity index (χ1) is 13.0. The minimum atomic E-state index is -0.227. The van der Waals surface area contributed by atoms with E-state index in [2.05, 4.69) is 29.4 Å². The third-order valence-corrected chi connectivity index (χ3v) is 5.34. The molecule has 1 atom stereocenters. The fraction of sp³-hybridized carbons (Fsp3) is 0.619. The van der Waals surface area contributed by atoms with Crippen LogP contribution in [0.5, 0.6) is 0 Å². The highest BCUT2D eigenvalue weighted by atomic mass is 16.5. The lowest BCUT2D eigenvalue weighted by atomic mass is 9.92. The average molecular weight is 376 g/mol. The van der Waals surface area contributed by atoms with Gasteiger partial charge in [0.25, 0.3) is 5.91 Å². The second-order valence-corrected chi connectivity index (χ2v) is 7.15. The Bertz CT molecular complexity index is 593. The highest BCUT2D eigenvalue weighted by molar-refractivity contribution is 5.96. The summed E-state index contributed by atoms with van der Waals surface area (Å²) in [6, 6.07) is 7.62. The minimum absolute atomic E-state index is 0.00847. The van der Waals surface area contributed by atoms with Gasteiger partial charge in [0.2, 0.25) is 5.91 Å². The van der Waals surface area contributed by atoms with E-state index in [0.29, 0.717) is 24.1 Å². The Balaban J connectivity index is 1.83. The second-order valence-electron chi connectivity index (χ2n) is 7.15. The number of carbonyl (C=O) groups is 2. The number of carbonyl (C=O) groups excluding carboxylic acids is 2. The summed E-state index contributed by atoms with van der Waals surface area (Å²) >= 11 is 0. The maximum Gasteiger partial charge on any atom is 0.251 e. The monoisotopic (exact) mass is 375 g/mol. The first kappa shape index (κ1) is 21.4. The molecule has 6 nitrogen and oxygen atoms in total. The molecule has 2 N–H and O–H groups in total. The van der Waals surface area contributed by atoms with Crippen LogP contribution in [0.2, 0.25) is 0 Å². The van der Waals surface area contributed by atoms with E-state index in [0.717, 1.165) is 44.7 Å². The number of benzene rings is 1. The van der Waals surface area contributed by atoms with Gasteiger partial charge in [-0.05, 0) is 25.0 Å². The molecule has 1 saturated heterocycles. The van der Waals surface area contributed by atoms with Gasteiger partial charge in [-0.3, -0.25) is 14.5 Å². The van der Waals surface area contributed by atoms with Crippen LogP contribution >= 0.6 is 0 Å². The fourth-order valence-corrected chi connectivity index (χ4v) is 3.58.